The van der Waals surface area contributed by atoms with Crippen LogP contribution in [0.3, 0.4) is 0 Å². The van der Waals surface area contributed by atoms with Crippen LogP contribution in [0, 0.1) is 0 Å². The van der Waals surface area contributed by atoms with E-state index in [1.807, 2.05) is 22.9 Å². The number of aromatic nitrogens is 2. The van der Waals surface area contributed by atoms with Gasteiger partial charge in [0.15, 0.2) is 0 Å². The molecule has 0 aliphatic rings. The molecule has 2 aromatic carbocycles. The van der Waals surface area contributed by atoms with Gasteiger partial charge in [-0.25, -0.2) is 10.0 Å². The zero-order valence-electron chi connectivity index (χ0n) is 14.2. The molecule has 0 fully saturated rings. The summed E-state index contributed by atoms with van der Waals surface area (Å²) in [7, 11) is 3.05. The van der Waals surface area contributed by atoms with E-state index in [1.165, 1.54) is 17.7 Å². The molecule has 25 heavy (non-hydrogen) atoms. The summed E-state index contributed by atoms with van der Waals surface area (Å²) in [5.74, 6) is -0.177. The summed E-state index contributed by atoms with van der Waals surface area (Å²) in [6.07, 6.45) is 5.45. The van der Waals surface area contributed by atoms with Crippen LogP contribution in [-0.2, 0) is 11.4 Å². The highest BCUT2D eigenvalue weighted by Crippen LogP contribution is 2.14. The Morgan fingerprint density at radius 1 is 1.16 bits per heavy atom. The van der Waals surface area contributed by atoms with Crippen LogP contribution in [0.25, 0.3) is 5.69 Å². The number of nitrogens with one attached hydrogen (secondary N) is 1. The molecule has 1 aromatic heterocycles. The molecule has 0 saturated carbocycles. The Morgan fingerprint density at radius 2 is 1.88 bits per heavy atom. The number of anilines is 1. The van der Waals surface area contributed by atoms with Crippen molar-refractivity contribution in [3.05, 3.63) is 78.4 Å². The monoisotopic (exact) mass is 336 g/mol. The third-order valence-electron chi connectivity index (χ3n) is 3.93. The van der Waals surface area contributed by atoms with Gasteiger partial charge in [-0.3, -0.25) is 9.63 Å². The maximum absolute atomic E-state index is 12.0. The standard InChI is InChI=1S/C19H20N4O2/c1-22(25-2)19(24)16-5-7-17(8-6-16)21-13-15-3-9-18(10-4-15)23-12-11-20-14-23/h3-12,14,21H,13H2,1-2H3. The van der Waals surface area contributed by atoms with Crippen molar-refractivity contribution in [1.29, 1.82) is 0 Å². The minimum absolute atomic E-state index is 0.177. The molecule has 0 aliphatic heterocycles. The third kappa shape index (κ3) is 4.05. The van der Waals surface area contributed by atoms with Crippen molar-refractivity contribution in [3.63, 3.8) is 0 Å². The average Bonchev–Trinajstić information content (AvgIpc) is 3.21. The van der Waals surface area contributed by atoms with Gasteiger partial charge >= 0.3 is 0 Å². The topological polar surface area (TPSA) is 59.4 Å². The highest BCUT2D eigenvalue weighted by atomic mass is 16.7. The molecule has 1 amide bonds. The van der Waals surface area contributed by atoms with E-state index in [-0.39, 0.29) is 5.91 Å². The van der Waals surface area contributed by atoms with E-state index in [0.29, 0.717) is 12.1 Å². The number of imidazole rings is 1. The molecular formula is C19H20N4O2. The molecule has 0 aliphatic carbocycles. The molecule has 0 unspecified atom stereocenters. The second kappa shape index (κ2) is 7.63. The van der Waals surface area contributed by atoms with Crippen molar-refractivity contribution in [2.24, 2.45) is 0 Å². The van der Waals surface area contributed by atoms with Crippen molar-refractivity contribution in [1.82, 2.24) is 14.6 Å². The molecule has 6 heteroatoms. The molecular weight excluding hydrogens is 316 g/mol. The van der Waals surface area contributed by atoms with E-state index in [4.69, 9.17) is 4.84 Å². The Labute approximate surface area is 146 Å². The Bertz CT molecular complexity index is 812. The van der Waals surface area contributed by atoms with E-state index >= 15 is 0 Å². The van der Waals surface area contributed by atoms with Crippen molar-refractivity contribution in [2.75, 3.05) is 19.5 Å². The van der Waals surface area contributed by atoms with Gasteiger partial charge in [0, 0.05) is 42.9 Å². The molecule has 1 heterocycles. The van der Waals surface area contributed by atoms with Crippen LogP contribution in [0.1, 0.15) is 15.9 Å². The lowest BCUT2D eigenvalue weighted by Crippen LogP contribution is -2.25. The summed E-state index contributed by atoms with van der Waals surface area (Å²) in [5, 5.41) is 4.55. The maximum Gasteiger partial charge on any atom is 0.277 e. The minimum Gasteiger partial charge on any atom is -0.381 e. The summed E-state index contributed by atoms with van der Waals surface area (Å²) in [4.78, 5) is 20.9. The Balaban J connectivity index is 1.59. The molecule has 0 spiro atoms. The van der Waals surface area contributed by atoms with Crippen molar-refractivity contribution in [3.8, 4) is 5.69 Å². The zero-order valence-corrected chi connectivity index (χ0v) is 14.2. The SMILES string of the molecule is CON(C)C(=O)c1ccc(NCc2ccc(-n3ccnc3)cc2)cc1. The van der Waals surface area contributed by atoms with Crippen molar-refractivity contribution >= 4 is 11.6 Å². The lowest BCUT2D eigenvalue weighted by atomic mass is 10.1. The molecule has 0 atom stereocenters. The van der Waals surface area contributed by atoms with Crippen molar-refractivity contribution in [2.45, 2.75) is 6.54 Å². The van der Waals surface area contributed by atoms with Crippen LogP contribution >= 0.6 is 0 Å². The molecule has 128 valence electrons. The fraction of sp³-hybridized carbons (Fsp3) is 0.158. The number of amides is 1. The number of nitrogens with zero attached hydrogens (tertiary/aromatic N) is 3. The van der Waals surface area contributed by atoms with E-state index in [2.05, 4.69) is 34.6 Å². The number of rotatable bonds is 6. The number of hydroxylamine groups is 2. The highest BCUT2D eigenvalue weighted by molar-refractivity contribution is 5.93. The number of benzene rings is 2. The molecule has 6 nitrogen and oxygen atoms in total. The summed E-state index contributed by atoms with van der Waals surface area (Å²) in [6.45, 7) is 0.704. The molecule has 0 bridgehead atoms. The smallest absolute Gasteiger partial charge is 0.277 e. The van der Waals surface area contributed by atoms with Crippen molar-refractivity contribution < 1.29 is 9.63 Å². The zero-order chi connectivity index (χ0) is 17.6. The molecule has 0 saturated heterocycles. The summed E-state index contributed by atoms with van der Waals surface area (Å²) in [5.41, 5.74) is 3.78. The summed E-state index contributed by atoms with van der Waals surface area (Å²) < 4.78 is 1.96. The van der Waals surface area contributed by atoms with E-state index < -0.39 is 0 Å². The number of carbonyl (C=O) groups is 1. The Morgan fingerprint density at radius 3 is 2.48 bits per heavy atom. The van der Waals surface area contributed by atoms with Gasteiger partial charge in [0.2, 0.25) is 0 Å². The molecule has 1 N–H and O–H groups in total. The van der Waals surface area contributed by atoms with Crippen LogP contribution in [0.2, 0.25) is 0 Å². The first-order valence-electron chi connectivity index (χ1n) is 7.91. The van der Waals surface area contributed by atoms with Gasteiger partial charge in [0.1, 0.15) is 0 Å². The largest absolute Gasteiger partial charge is 0.381 e. The number of hydrogen-bond acceptors (Lipinski definition) is 4. The van der Waals surface area contributed by atoms with Crippen LogP contribution < -0.4 is 5.32 Å². The molecule has 3 rings (SSSR count). The van der Waals surface area contributed by atoms with E-state index in [0.717, 1.165) is 11.4 Å². The fourth-order valence-corrected chi connectivity index (χ4v) is 2.40. The number of carbonyl (C=O) groups excluding carboxylic acids is 1. The van der Waals surface area contributed by atoms with Crippen LogP contribution in [0.4, 0.5) is 5.69 Å². The van der Waals surface area contributed by atoms with Crippen LogP contribution in [0.5, 0.6) is 0 Å². The first-order chi connectivity index (χ1) is 12.2. The lowest BCUT2D eigenvalue weighted by molar-refractivity contribution is -0.0756. The highest BCUT2D eigenvalue weighted by Gasteiger charge is 2.10. The Kier molecular flexibility index (Phi) is 5.11. The normalized spacial score (nSPS) is 10.5. The lowest BCUT2D eigenvalue weighted by Gasteiger charge is -2.14. The predicted molar refractivity (Wildman–Crippen MR) is 96.4 cm³/mol. The first-order valence-corrected chi connectivity index (χ1v) is 7.91. The summed E-state index contributed by atoms with van der Waals surface area (Å²) in [6, 6.07) is 15.6. The fourth-order valence-electron chi connectivity index (χ4n) is 2.40. The summed E-state index contributed by atoms with van der Waals surface area (Å²) >= 11 is 0. The molecule has 0 radical (unpaired) electrons. The van der Waals surface area contributed by atoms with Gasteiger partial charge in [0.25, 0.3) is 5.91 Å². The second-order valence-electron chi connectivity index (χ2n) is 5.55. The van der Waals surface area contributed by atoms with E-state index in [9.17, 15) is 4.79 Å². The van der Waals surface area contributed by atoms with Crippen LogP contribution in [-0.4, -0.2) is 34.7 Å². The molecule has 3 aromatic rings. The first kappa shape index (κ1) is 16.7. The third-order valence-corrected chi connectivity index (χ3v) is 3.93. The van der Waals surface area contributed by atoms with Gasteiger partial charge < -0.3 is 9.88 Å². The minimum atomic E-state index is -0.177. The average molecular weight is 336 g/mol. The van der Waals surface area contributed by atoms with Gasteiger partial charge in [-0.15, -0.1) is 0 Å². The van der Waals surface area contributed by atoms with Crippen LogP contribution in [0.15, 0.2) is 67.3 Å². The van der Waals surface area contributed by atoms with Gasteiger partial charge in [-0.2, -0.15) is 0 Å². The maximum atomic E-state index is 12.0. The quantitative estimate of drug-likeness (QED) is 0.703. The number of hydrogen-bond donors (Lipinski definition) is 1. The second-order valence-corrected chi connectivity index (χ2v) is 5.55. The van der Waals surface area contributed by atoms with E-state index in [1.54, 1.807) is 31.7 Å². The van der Waals surface area contributed by atoms with Gasteiger partial charge in [0.05, 0.1) is 13.4 Å². The van der Waals surface area contributed by atoms with Gasteiger partial charge in [-0.05, 0) is 42.0 Å². The van der Waals surface area contributed by atoms with Gasteiger partial charge in [-0.1, -0.05) is 12.1 Å². The Hall–Kier alpha value is -3.12. The predicted octanol–water partition coefficient (Wildman–Crippen LogP) is 3.12.